The lowest BCUT2D eigenvalue weighted by atomic mass is 9.97. The van der Waals surface area contributed by atoms with Gasteiger partial charge in [0.05, 0.1) is 23.7 Å². The summed E-state index contributed by atoms with van der Waals surface area (Å²) in [5, 5.41) is 3.37. The number of amides is 1. The number of hydrogen-bond donors (Lipinski definition) is 1. The Kier molecular flexibility index (Phi) is 8.14. The highest BCUT2D eigenvalue weighted by Gasteiger charge is 2.33. The van der Waals surface area contributed by atoms with Gasteiger partial charge in [0.2, 0.25) is 15.9 Å². The summed E-state index contributed by atoms with van der Waals surface area (Å²) in [6, 6.07) is 6.36. The van der Waals surface area contributed by atoms with Gasteiger partial charge in [0, 0.05) is 23.9 Å². The molecule has 0 aliphatic carbocycles. The maximum Gasteiger partial charge on any atom is 0.341 e. The Morgan fingerprint density at radius 3 is 2.30 bits per heavy atom. The van der Waals surface area contributed by atoms with Crippen molar-refractivity contribution in [2.24, 2.45) is 5.92 Å². The van der Waals surface area contributed by atoms with Crippen molar-refractivity contribution in [1.82, 2.24) is 4.31 Å². The predicted molar refractivity (Wildman–Crippen MR) is 127 cm³/mol. The van der Waals surface area contributed by atoms with Crippen molar-refractivity contribution < 1.29 is 27.5 Å². The van der Waals surface area contributed by atoms with Crippen LogP contribution in [0.15, 0.2) is 29.2 Å². The number of benzene rings is 1. The standard InChI is InChI=1S/C23H30N2O6S2/c1-5-30-18-7-9-19(10-8-18)33(28,29)25-13-11-17(12-14-25)21(26)24-22-20(23(27)31-6-2)15(3)16(4)32-22/h7-10,17H,5-6,11-14H2,1-4H3,(H,24,26). The Labute approximate surface area is 198 Å². The van der Waals surface area contributed by atoms with E-state index in [1.165, 1.54) is 27.8 Å². The van der Waals surface area contributed by atoms with E-state index in [9.17, 15) is 18.0 Å². The summed E-state index contributed by atoms with van der Waals surface area (Å²) < 4.78 is 37.9. The first-order chi connectivity index (χ1) is 15.7. The molecule has 1 aromatic carbocycles. The highest BCUT2D eigenvalue weighted by Crippen LogP contribution is 2.34. The third-order valence-electron chi connectivity index (χ3n) is 5.70. The van der Waals surface area contributed by atoms with E-state index in [2.05, 4.69) is 5.32 Å². The van der Waals surface area contributed by atoms with Gasteiger partial charge in [0.15, 0.2) is 0 Å². The Hall–Kier alpha value is -2.43. The number of sulfonamides is 1. The number of rotatable bonds is 8. The van der Waals surface area contributed by atoms with Crippen LogP contribution in [0, 0.1) is 19.8 Å². The normalized spacial score (nSPS) is 15.3. The van der Waals surface area contributed by atoms with Gasteiger partial charge in [-0.25, -0.2) is 13.2 Å². The number of ether oxygens (including phenoxy) is 2. The highest BCUT2D eigenvalue weighted by molar-refractivity contribution is 7.89. The number of esters is 1. The lowest BCUT2D eigenvalue weighted by molar-refractivity contribution is -0.120. The molecule has 2 heterocycles. The second-order valence-corrected chi connectivity index (χ2v) is 10.9. The van der Waals surface area contributed by atoms with Crippen molar-refractivity contribution in [3.8, 4) is 5.75 Å². The Morgan fingerprint density at radius 2 is 1.73 bits per heavy atom. The van der Waals surface area contributed by atoms with Gasteiger partial charge in [-0.15, -0.1) is 11.3 Å². The van der Waals surface area contributed by atoms with Gasteiger partial charge in [-0.2, -0.15) is 4.31 Å². The first-order valence-corrected chi connectivity index (χ1v) is 13.3. The first kappa shape index (κ1) is 25.2. The summed E-state index contributed by atoms with van der Waals surface area (Å²) >= 11 is 1.34. The number of hydrogen-bond acceptors (Lipinski definition) is 7. The monoisotopic (exact) mass is 494 g/mol. The maximum absolute atomic E-state index is 13.0. The number of carbonyl (C=O) groups excluding carboxylic acids is 2. The van der Waals surface area contributed by atoms with Crippen LogP contribution in [-0.4, -0.2) is 50.9 Å². The van der Waals surface area contributed by atoms with E-state index in [0.717, 1.165) is 10.4 Å². The van der Waals surface area contributed by atoms with Crippen LogP contribution < -0.4 is 10.1 Å². The van der Waals surface area contributed by atoms with E-state index in [1.807, 2.05) is 20.8 Å². The summed E-state index contributed by atoms with van der Waals surface area (Å²) in [5.74, 6) is -0.381. The van der Waals surface area contributed by atoms with E-state index < -0.39 is 16.0 Å². The van der Waals surface area contributed by atoms with Crippen molar-refractivity contribution in [1.29, 1.82) is 0 Å². The second-order valence-electron chi connectivity index (χ2n) is 7.78. The fraction of sp³-hybridized carbons (Fsp3) is 0.478. The van der Waals surface area contributed by atoms with Gasteiger partial charge >= 0.3 is 5.97 Å². The van der Waals surface area contributed by atoms with Crippen LogP contribution in [-0.2, 0) is 19.6 Å². The lowest BCUT2D eigenvalue weighted by Gasteiger charge is -2.30. The van der Waals surface area contributed by atoms with Crippen LogP contribution in [0.5, 0.6) is 5.75 Å². The molecule has 2 aromatic rings. The minimum Gasteiger partial charge on any atom is -0.494 e. The Bertz CT molecular complexity index is 1100. The summed E-state index contributed by atoms with van der Waals surface area (Å²) in [6.07, 6.45) is 0.806. The SMILES string of the molecule is CCOC(=O)c1c(NC(=O)C2CCN(S(=O)(=O)c3ccc(OCC)cc3)CC2)sc(C)c1C. The molecule has 0 unspecified atom stereocenters. The molecule has 1 fully saturated rings. The van der Waals surface area contributed by atoms with Crippen LogP contribution in [0.4, 0.5) is 5.00 Å². The number of thiophene rings is 1. The van der Waals surface area contributed by atoms with Crippen molar-refractivity contribution in [3.63, 3.8) is 0 Å². The van der Waals surface area contributed by atoms with Crippen LogP contribution in [0.2, 0.25) is 0 Å². The number of aryl methyl sites for hydroxylation is 1. The summed E-state index contributed by atoms with van der Waals surface area (Å²) in [7, 11) is -3.64. The maximum atomic E-state index is 13.0. The Morgan fingerprint density at radius 1 is 1.09 bits per heavy atom. The molecular weight excluding hydrogens is 464 g/mol. The molecule has 1 aromatic heterocycles. The van der Waals surface area contributed by atoms with E-state index in [1.54, 1.807) is 19.1 Å². The third-order valence-corrected chi connectivity index (χ3v) is 8.73. The van der Waals surface area contributed by atoms with Gasteiger partial charge in [-0.1, -0.05) is 0 Å². The molecule has 0 bridgehead atoms. The van der Waals surface area contributed by atoms with Gasteiger partial charge in [0.25, 0.3) is 0 Å². The molecule has 1 amide bonds. The fourth-order valence-electron chi connectivity index (χ4n) is 3.76. The number of nitrogens with one attached hydrogen (secondary N) is 1. The van der Waals surface area contributed by atoms with Gasteiger partial charge in [0.1, 0.15) is 10.8 Å². The number of nitrogens with zero attached hydrogens (tertiary/aromatic N) is 1. The molecule has 1 N–H and O–H groups in total. The van der Waals surface area contributed by atoms with Crippen molar-refractivity contribution >= 4 is 38.2 Å². The second kappa shape index (κ2) is 10.7. The zero-order valence-electron chi connectivity index (χ0n) is 19.3. The van der Waals surface area contributed by atoms with E-state index in [-0.39, 0.29) is 36.4 Å². The summed E-state index contributed by atoms with van der Waals surface area (Å²) in [4.78, 5) is 26.4. The number of anilines is 1. The van der Waals surface area contributed by atoms with Crippen molar-refractivity contribution in [2.75, 3.05) is 31.6 Å². The smallest absolute Gasteiger partial charge is 0.341 e. The van der Waals surface area contributed by atoms with E-state index in [4.69, 9.17) is 9.47 Å². The predicted octanol–water partition coefficient (Wildman–Crippen LogP) is 3.98. The molecule has 1 aliphatic rings. The molecule has 1 aliphatic heterocycles. The van der Waals surface area contributed by atoms with Crippen LogP contribution >= 0.6 is 11.3 Å². The largest absolute Gasteiger partial charge is 0.494 e. The van der Waals surface area contributed by atoms with E-state index in [0.29, 0.717) is 35.8 Å². The summed E-state index contributed by atoms with van der Waals surface area (Å²) in [5.41, 5.74) is 1.19. The van der Waals surface area contributed by atoms with Gasteiger partial charge in [-0.05, 0) is 70.4 Å². The molecule has 1 saturated heterocycles. The fourth-order valence-corrected chi connectivity index (χ4v) is 6.28. The minimum atomic E-state index is -3.64. The molecule has 0 saturated carbocycles. The molecule has 180 valence electrons. The number of piperidine rings is 1. The van der Waals surface area contributed by atoms with Crippen LogP contribution in [0.25, 0.3) is 0 Å². The van der Waals surface area contributed by atoms with Crippen molar-refractivity contribution in [3.05, 3.63) is 40.3 Å². The zero-order valence-corrected chi connectivity index (χ0v) is 21.0. The lowest BCUT2D eigenvalue weighted by Crippen LogP contribution is -2.41. The molecule has 33 heavy (non-hydrogen) atoms. The topological polar surface area (TPSA) is 102 Å². The Balaban J connectivity index is 1.65. The van der Waals surface area contributed by atoms with Gasteiger partial charge in [-0.3, -0.25) is 4.79 Å². The molecule has 3 rings (SSSR count). The average Bonchev–Trinajstić information content (AvgIpc) is 3.07. The minimum absolute atomic E-state index is 0.206. The molecular formula is C23H30N2O6S2. The van der Waals surface area contributed by atoms with Crippen LogP contribution in [0.1, 0.15) is 47.5 Å². The molecule has 0 radical (unpaired) electrons. The molecule has 0 atom stereocenters. The zero-order chi connectivity index (χ0) is 24.2. The quantitative estimate of drug-likeness (QED) is 0.557. The molecule has 10 heteroatoms. The average molecular weight is 495 g/mol. The number of carbonyl (C=O) groups is 2. The van der Waals surface area contributed by atoms with E-state index >= 15 is 0 Å². The van der Waals surface area contributed by atoms with Crippen molar-refractivity contribution in [2.45, 2.75) is 45.4 Å². The third kappa shape index (κ3) is 5.56. The van der Waals surface area contributed by atoms with Crippen LogP contribution in [0.3, 0.4) is 0 Å². The molecule has 8 nitrogen and oxygen atoms in total. The van der Waals surface area contributed by atoms with Gasteiger partial charge < -0.3 is 14.8 Å². The highest BCUT2D eigenvalue weighted by atomic mass is 32.2. The first-order valence-electron chi connectivity index (χ1n) is 11.0. The summed E-state index contributed by atoms with van der Waals surface area (Å²) in [6.45, 7) is 8.58. The molecule has 0 spiro atoms.